The van der Waals surface area contributed by atoms with Crippen LogP contribution < -0.4 is 11.1 Å². The number of hydrogen-bond acceptors (Lipinski definition) is 4. The average Bonchev–Trinajstić information content (AvgIpc) is 2.48. The summed E-state index contributed by atoms with van der Waals surface area (Å²) < 4.78 is 5.13. The van der Waals surface area contributed by atoms with Gasteiger partial charge >= 0.3 is 0 Å². The third-order valence-electron chi connectivity index (χ3n) is 1.45. The number of aryl methyl sites for hydroxylation is 1. The maximum Gasteiger partial charge on any atom is 0.229 e. The summed E-state index contributed by atoms with van der Waals surface area (Å²) in [5.41, 5.74) is 5.22. The van der Waals surface area contributed by atoms with E-state index in [1.54, 1.807) is 13.1 Å². The molecule has 0 radical (unpaired) electrons. The third kappa shape index (κ3) is 3.25. The first-order valence-electron chi connectivity index (χ1n) is 4.10. The monoisotopic (exact) mass is 183 g/mol. The van der Waals surface area contributed by atoms with E-state index in [1.165, 1.54) is 0 Å². The van der Waals surface area contributed by atoms with Crippen LogP contribution in [0.2, 0.25) is 0 Å². The minimum atomic E-state index is -0.118. The molecular weight excluding hydrogens is 170 g/mol. The van der Waals surface area contributed by atoms with Crippen molar-refractivity contribution in [2.75, 3.05) is 13.1 Å². The van der Waals surface area contributed by atoms with Crippen LogP contribution >= 0.6 is 0 Å². The lowest BCUT2D eigenvalue weighted by Crippen LogP contribution is -2.30. The van der Waals surface area contributed by atoms with Gasteiger partial charge in [-0.05, 0) is 6.92 Å². The molecule has 72 valence electrons. The Morgan fingerprint density at radius 2 is 2.54 bits per heavy atom. The van der Waals surface area contributed by atoms with E-state index >= 15 is 0 Å². The van der Waals surface area contributed by atoms with Crippen molar-refractivity contribution in [2.24, 2.45) is 5.73 Å². The normalized spacial score (nSPS) is 10.0. The van der Waals surface area contributed by atoms with Gasteiger partial charge in [0.15, 0.2) is 0 Å². The summed E-state index contributed by atoms with van der Waals surface area (Å²) in [6, 6.07) is 0. The highest BCUT2D eigenvalue weighted by Gasteiger charge is 2.06. The highest BCUT2D eigenvalue weighted by atomic mass is 16.4. The topological polar surface area (TPSA) is 81.2 Å². The SMILES string of the molecule is Cc1cnc(CC(=O)NCCN)o1. The van der Waals surface area contributed by atoms with Crippen molar-refractivity contribution in [3.63, 3.8) is 0 Å². The highest BCUT2D eigenvalue weighted by Crippen LogP contribution is 2.01. The van der Waals surface area contributed by atoms with Crippen molar-refractivity contribution >= 4 is 5.91 Å². The van der Waals surface area contributed by atoms with Crippen molar-refractivity contribution in [1.29, 1.82) is 0 Å². The fraction of sp³-hybridized carbons (Fsp3) is 0.500. The molecular formula is C8H13N3O2. The number of aromatic nitrogens is 1. The molecule has 0 aliphatic rings. The fourth-order valence-corrected chi connectivity index (χ4v) is 0.895. The van der Waals surface area contributed by atoms with Gasteiger partial charge in [0.05, 0.1) is 6.20 Å². The molecule has 5 nitrogen and oxygen atoms in total. The summed E-state index contributed by atoms with van der Waals surface area (Å²) in [4.78, 5) is 15.0. The Morgan fingerprint density at radius 3 is 3.08 bits per heavy atom. The highest BCUT2D eigenvalue weighted by molar-refractivity contribution is 5.77. The summed E-state index contributed by atoms with van der Waals surface area (Å²) in [7, 11) is 0. The minimum absolute atomic E-state index is 0.118. The molecule has 1 heterocycles. The van der Waals surface area contributed by atoms with Crippen molar-refractivity contribution in [3.05, 3.63) is 17.8 Å². The van der Waals surface area contributed by atoms with Crippen LogP contribution in [0.4, 0.5) is 0 Å². The Balaban J connectivity index is 2.36. The number of rotatable bonds is 4. The summed E-state index contributed by atoms with van der Waals surface area (Å²) in [5.74, 6) is 1.03. The number of oxazole rings is 1. The van der Waals surface area contributed by atoms with Gasteiger partial charge in [-0.15, -0.1) is 0 Å². The zero-order valence-electron chi connectivity index (χ0n) is 7.54. The van der Waals surface area contributed by atoms with Gasteiger partial charge in [-0.2, -0.15) is 0 Å². The van der Waals surface area contributed by atoms with E-state index in [4.69, 9.17) is 10.2 Å². The molecule has 0 spiro atoms. The average molecular weight is 183 g/mol. The molecule has 1 aromatic heterocycles. The van der Waals surface area contributed by atoms with Crippen LogP contribution in [0.1, 0.15) is 11.7 Å². The molecule has 0 aromatic carbocycles. The largest absolute Gasteiger partial charge is 0.445 e. The predicted octanol–water partition coefficient (Wildman–Crippen LogP) is -0.400. The quantitative estimate of drug-likeness (QED) is 0.665. The van der Waals surface area contributed by atoms with Gasteiger partial charge in [-0.25, -0.2) is 4.98 Å². The van der Waals surface area contributed by atoms with Gasteiger partial charge in [-0.1, -0.05) is 0 Å². The van der Waals surface area contributed by atoms with Gasteiger partial charge in [-0.3, -0.25) is 4.79 Å². The second-order valence-corrected chi connectivity index (χ2v) is 2.68. The molecule has 0 atom stereocenters. The lowest BCUT2D eigenvalue weighted by atomic mass is 10.4. The lowest BCUT2D eigenvalue weighted by molar-refractivity contribution is -0.120. The second-order valence-electron chi connectivity index (χ2n) is 2.68. The van der Waals surface area contributed by atoms with Crippen LogP contribution in [0.3, 0.4) is 0 Å². The minimum Gasteiger partial charge on any atom is -0.445 e. The Bertz CT molecular complexity index is 283. The number of carbonyl (C=O) groups excluding carboxylic acids is 1. The van der Waals surface area contributed by atoms with Crippen molar-refractivity contribution in [1.82, 2.24) is 10.3 Å². The van der Waals surface area contributed by atoms with E-state index in [9.17, 15) is 4.79 Å². The maximum absolute atomic E-state index is 11.1. The summed E-state index contributed by atoms with van der Waals surface area (Å²) >= 11 is 0. The summed E-state index contributed by atoms with van der Waals surface area (Å²) in [5, 5.41) is 2.63. The zero-order valence-corrected chi connectivity index (χ0v) is 7.54. The first-order chi connectivity index (χ1) is 6.22. The maximum atomic E-state index is 11.1. The molecule has 0 fully saturated rings. The zero-order chi connectivity index (χ0) is 9.68. The number of amides is 1. The molecule has 1 rings (SSSR count). The standard InChI is InChI=1S/C8H13N3O2/c1-6-5-11-8(13-6)4-7(12)10-3-2-9/h5H,2-4,9H2,1H3,(H,10,12). The van der Waals surface area contributed by atoms with Crippen molar-refractivity contribution in [3.8, 4) is 0 Å². The number of carbonyl (C=O) groups is 1. The molecule has 13 heavy (non-hydrogen) atoms. The Morgan fingerprint density at radius 1 is 1.77 bits per heavy atom. The number of hydrogen-bond donors (Lipinski definition) is 2. The van der Waals surface area contributed by atoms with E-state index in [1.807, 2.05) is 0 Å². The predicted molar refractivity (Wildman–Crippen MR) is 47.0 cm³/mol. The first kappa shape index (κ1) is 9.73. The van der Waals surface area contributed by atoms with Gasteiger partial charge in [0.25, 0.3) is 0 Å². The Labute approximate surface area is 76.3 Å². The van der Waals surface area contributed by atoms with Crippen LogP contribution in [-0.2, 0) is 11.2 Å². The smallest absolute Gasteiger partial charge is 0.229 e. The molecule has 0 unspecified atom stereocenters. The van der Waals surface area contributed by atoms with Crippen LogP contribution in [0.5, 0.6) is 0 Å². The molecule has 5 heteroatoms. The Kier molecular flexibility index (Phi) is 3.45. The lowest BCUT2D eigenvalue weighted by Gasteiger charge is -1.99. The Hall–Kier alpha value is -1.36. The molecule has 3 N–H and O–H groups in total. The summed E-state index contributed by atoms with van der Waals surface area (Å²) in [6.07, 6.45) is 1.76. The molecule has 0 saturated carbocycles. The van der Waals surface area contributed by atoms with Gasteiger partial charge in [0.1, 0.15) is 12.2 Å². The van der Waals surface area contributed by atoms with E-state index in [2.05, 4.69) is 10.3 Å². The number of nitrogens with one attached hydrogen (secondary N) is 1. The fourth-order valence-electron chi connectivity index (χ4n) is 0.895. The molecule has 0 aliphatic carbocycles. The third-order valence-corrected chi connectivity index (χ3v) is 1.45. The van der Waals surface area contributed by atoms with Crippen molar-refractivity contribution in [2.45, 2.75) is 13.3 Å². The molecule has 0 bridgehead atoms. The first-order valence-corrected chi connectivity index (χ1v) is 4.10. The molecule has 1 amide bonds. The molecule has 1 aromatic rings. The number of nitrogens with two attached hydrogens (primary N) is 1. The van der Waals surface area contributed by atoms with E-state index in [0.29, 0.717) is 24.7 Å². The van der Waals surface area contributed by atoms with Crippen LogP contribution in [-0.4, -0.2) is 24.0 Å². The van der Waals surface area contributed by atoms with Gasteiger partial charge in [0, 0.05) is 13.1 Å². The van der Waals surface area contributed by atoms with Crippen LogP contribution in [0.15, 0.2) is 10.6 Å². The van der Waals surface area contributed by atoms with E-state index < -0.39 is 0 Å². The van der Waals surface area contributed by atoms with Crippen molar-refractivity contribution < 1.29 is 9.21 Å². The van der Waals surface area contributed by atoms with E-state index in [-0.39, 0.29) is 12.3 Å². The van der Waals surface area contributed by atoms with Gasteiger partial charge < -0.3 is 15.5 Å². The van der Waals surface area contributed by atoms with E-state index in [0.717, 1.165) is 0 Å². The molecule has 0 saturated heterocycles. The van der Waals surface area contributed by atoms with Gasteiger partial charge in [0.2, 0.25) is 11.8 Å². The summed E-state index contributed by atoms with van der Waals surface area (Å²) in [6.45, 7) is 2.71. The van der Waals surface area contributed by atoms with Crippen LogP contribution in [0, 0.1) is 6.92 Å². The molecule has 0 aliphatic heterocycles. The second kappa shape index (κ2) is 4.61. The number of nitrogens with zero attached hydrogens (tertiary/aromatic N) is 1. The van der Waals surface area contributed by atoms with Crippen LogP contribution in [0.25, 0.3) is 0 Å².